The number of hydrogen-bond acceptors (Lipinski definition) is 5. The second-order valence-corrected chi connectivity index (χ2v) is 5.91. The zero-order chi connectivity index (χ0) is 15.2. The molecule has 0 amide bonds. The molecule has 2 rings (SSSR count). The number of aromatic nitrogens is 4. The number of ether oxygens (including phenoxy) is 1. The van der Waals surface area contributed by atoms with Crippen molar-refractivity contribution in [2.45, 2.75) is 46.4 Å². The highest BCUT2D eigenvalue weighted by molar-refractivity contribution is 9.10. The van der Waals surface area contributed by atoms with Crippen molar-refractivity contribution in [2.75, 3.05) is 5.32 Å². The number of nitrogens with zero attached hydrogens (tertiary/aromatic N) is 4. The molecule has 0 radical (unpaired) electrons. The van der Waals surface area contributed by atoms with Crippen LogP contribution >= 0.6 is 15.9 Å². The minimum Gasteiger partial charge on any atom is -0.491 e. The first-order valence-electron chi connectivity index (χ1n) is 7.05. The third kappa shape index (κ3) is 4.42. The van der Waals surface area contributed by atoms with Crippen LogP contribution in [0.3, 0.4) is 0 Å². The number of anilines is 1. The van der Waals surface area contributed by atoms with Gasteiger partial charge in [0.15, 0.2) is 0 Å². The molecule has 0 aliphatic rings. The Morgan fingerprint density at radius 2 is 2.19 bits per heavy atom. The lowest BCUT2D eigenvalue weighted by Crippen LogP contribution is -2.12. The van der Waals surface area contributed by atoms with Gasteiger partial charge in [-0.2, -0.15) is 0 Å². The molecule has 1 aromatic heterocycles. The van der Waals surface area contributed by atoms with Crippen LogP contribution in [0.4, 0.5) is 5.95 Å². The number of nitrogens with one attached hydrogen (secondary N) is 1. The van der Waals surface area contributed by atoms with Crippen molar-refractivity contribution >= 4 is 21.9 Å². The molecule has 114 valence electrons. The number of halogens is 1. The summed E-state index contributed by atoms with van der Waals surface area (Å²) < 4.78 is 8.61. The second-order valence-electron chi connectivity index (χ2n) is 5.00. The fourth-order valence-electron chi connectivity index (χ4n) is 1.92. The summed E-state index contributed by atoms with van der Waals surface area (Å²) in [6.45, 7) is 7.52. The summed E-state index contributed by atoms with van der Waals surface area (Å²) >= 11 is 3.49. The Morgan fingerprint density at radius 3 is 2.90 bits per heavy atom. The first-order valence-corrected chi connectivity index (χ1v) is 7.84. The molecule has 0 aliphatic carbocycles. The number of aryl methyl sites for hydroxylation is 1. The van der Waals surface area contributed by atoms with E-state index in [9.17, 15) is 0 Å². The predicted molar refractivity (Wildman–Crippen MR) is 85.3 cm³/mol. The van der Waals surface area contributed by atoms with Crippen molar-refractivity contribution in [2.24, 2.45) is 0 Å². The Bertz CT molecular complexity index is 584. The van der Waals surface area contributed by atoms with Crippen LogP contribution in [0.5, 0.6) is 5.75 Å². The van der Waals surface area contributed by atoms with Gasteiger partial charge in [-0.3, -0.25) is 0 Å². The van der Waals surface area contributed by atoms with Crippen LogP contribution in [0, 0.1) is 0 Å². The first kappa shape index (κ1) is 15.8. The molecule has 7 heteroatoms. The van der Waals surface area contributed by atoms with Crippen molar-refractivity contribution < 1.29 is 4.74 Å². The van der Waals surface area contributed by atoms with Crippen molar-refractivity contribution in [3.8, 4) is 5.75 Å². The fraction of sp³-hybridized carbons (Fsp3) is 0.500. The second kappa shape index (κ2) is 7.40. The monoisotopic (exact) mass is 353 g/mol. The lowest BCUT2D eigenvalue weighted by Gasteiger charge is -2.15. The summed E-state index contributed by atoms with van der Waals surface area (Å²) in [5, 5.41) is 14.9. The summed E-state index contributed by atoms with van der Waals surface area (Å²) in [5.41, 5.74) is 1.06. The largest absolute Gasteiger partial charge is 0.491 e. The van der Waals surface area contributed by atoms with E-state index in [0.29, 0.717) is 12.5 Å². The van der Waals surface area contributed by atoms with Gasteiger partial charge in [-0.05, 0) is 48.9 Å². The maximum absolute atomic E-state index is 5.83. The zero-order valence-corrected chi connectivity index (χ0v) is 14.1. The van der Waals surface area contributed by atoms with E-state index < -0.39 is 0 Å². The summed E-state index contributed by atoms with van der Waals surface area (Å²) in [6.07, 6.45) is 1.12. The van der Waals surface area contributed by atoms with Gasteiger partial charge < -0.3 is 10.1 Å². The zero-order valence-electron chi connectivity index (χ0n) is 12.5. The molecule has 21 heavy (non-hydrogen) atoms. The van der Waals surface area contributed by atoms with E-state index in [-0.39, 0.29) is 6.10 Å². The van der Waals surface area contributed by atoms with Crippen molar-refractivity contribution in [3.63, 3.8) is 0 Å². The van der Waals surface area contributed by atoms with Gasteiger partial charge >= 0.3 is 0 Å². The summed E-state index contributed by atoms with van der Waals surface area (Å²) in [6, 6.07) is 5.98. The molecule has 1 N–H and O–H groups in total. The molecule has 0 atom stereocenters. The molecule has 0 saturated carbocycles. The maximum Gasteiger partial charge on any atom is 0.243 e. The Kier molecular flexibility index (Phi) is 5.55. The molecular weight excluding hydrogens is 334 g/mol. The van der Waals surface area contributed by atoms with Gasteiger partial charge in [-0.1, -0.05) is 28.0 Å². The van der Waals surface area contributed by atoms with Crippen molar-refractivity contribution in [3.05, 3.63) is 28.2 Å². The third-order valence-electron chi connectivity index (χ3n) is 2.79. The SMILES string of the molecule is CCCn1nnnc1NCc1cc(Br)ccc1OC(C)C. The maximum atomic E-state index is 5.83. The lowest BCUT2D eigenvalue weighted by molar-refractivity contribution is 0.240. The number of rotatable bonds is 7. The number of hydrogen-bond donors (Lipinski definition) is 1. The summed E-state index contributed by atoms with van der Waals surface area (Å²) in [7, 11) is 0. The average molecular weight is 354 g/mol. The first-order chi connectivity index (χ1) is 10.1. The molecule has 1 heterocycles. The minimum atomic E-state index is 0.135. The normalized spacial score (nSPS) is 10.9. The van der Waals surface area contributed by atoms with Gasteiger partial charge in [0, 0.05) is 23.1 Å². The molecule has 1 aromatic carbocycles. The van der Waals surface area contributed by atoms with E-state index in [1.807, 2.05) is 32.0 Å². The smallest absolute Gasteiger partial charge is 0.243 e. The van der Waals surface area contributed by atoms with Gasteiger partial charge in [0.2, 0.25) is 5.95 Å². The van der Waals surface area contributed by atoms with E-state index in [4.69, 9.17) is 4.74 Å². The Labute approximate surface area is 133 Å². The number of tetrazole rings is 1. The lowest BCUT2D eigenvalue weighted by atomic mass is 10.2. The molecule has 2 aromatic rings. The van der Waals surface area contributed by atoms with Gasteiger partial charge in [0.05, 0.1) is 6.10 Å². The number of benzene rings is 1. The molecule has 0 unspecified atom stereocenters. The van der Waals surface area contributed by atoms with E-state index in [2.05, 4.69) is 43.7 Å². The highest BCUT2D eigenvalue weighted by atomic mass is 79.9. The molecule has 0 saturated heterocycles. The highest BCUT2D eigenvalue weighted by Crippen LogP contribution is 2.25. The van der Waals surface area contributed by atoms with Gasteiger partial charge in [0.1, 0.15) is 5.75 Å². The molecule has 0 aliphatic heterocycles. The van der Waals surface area contributed by atoms with Crippen LogP contribution in [0.25, 0.3) is 0 Å². The molecular formula is C14H20BrN5O. The fourth-order valence-corrected chi connectivity index (χ4v) is 2.33. The van der Waals surface area contributed by atoms with Crippen LogP contribution in [-0.2, 0) is 13.1 Å². The molecule has 0 fully saturated rings. The topological polar surface area (TPSA) is 64.9 Å². The van der Waals surface area contributed by atoms with E-state index in [1.165, 1.54) is 0 Å². The Morgan fingerprint density at radius 1 is 1.38 bits per heavy atom. The minimum absolute atomic E-state index is 0.135. The Hall–Kier alpha value is -1.63. The third-order valence-corrected chi connectivity index (χ3v) is 3.28. The van der Waals surface area contributed by atoms with Crippen LogP contribution in [0.1, 0.15) is 32.8 Å². The van der Waals surface area contributed by atoms with Gasteiger partial charge in [0.25, 0.3) is 0 Å². The summed E-state index contributed by atoms with van der Waals surface area (Å²) in [4.78, 5) is 0. The van der Waals surface area contributed by atoms with Gasteiger partial charge in [-0.25, -0.2) is 4.68 Å². The van der Waals surface area contributed by atoms with Crippen LogP contribution in [0.15, 0.2) is 22.7 Å². The standard InChI is InChI=1S/C14H20BrN5O/c1-4-7-20-14(17-18-19-20)16-9-11-8-12(15)5-6-13(11)21-10(2)3/h5-6,8,10H,4,7,9H2,1-3H3,(H,16,17,19). The van der Waals surface area contributed by atoms with Crippen LogP contribution < -0.4 is 10.1 Å². The highest BCUT2D eigenvalue weighted by Gasteiger charge is 2.09. The van der Waals surface area contributed by atoms with Crippen LogP contribution in [0.2, 0.25) is 0 Å². The van der Waals surface area contributed by atoms with E-state index in [1.54, 1.807) is 4.68 Å². The molecule has 0 spiro atoms. The summed E-state index contributed by atoms with van der Waals surface area (Å²) in [5.74, 6) is 1.54. The van der Waals surface area contributed by atoms with Crippen LogP contribution in [-0.4, -0.2) is 26.3 Å². The Balaban J connectivity index is 2.11. The van der Waals surface area contributed by atoms with E-state index >= 15 is 0 Å². The molecule has 6 nitrogen and oxygen atoms in total. The molecule has 0 bridgehead atoms. The van der Waals surface area contributed by atoms with Crippen molar-refractivity contribution in [1.82, 2.24) is 20.2 Å². The predicted octanol–water partition coefficient (Wildman–Crippen LogP) is 3.24. The van der Waals surface area contributed by atoms with Crippen molar-refractivity contribution in [1.29, 1.82) is 0 Å². The van der Waals surface area contributed by atoms with E-state index in [0.717, 1.165) is 28.8 Å². The van der Waals surface area contributed by atoms with Gasteiger partial charge in [-0.15, -0.1) is 0 Å². The quantitative estimate of drug-likeness (QED) is 0.827. The average Bonchev–Trinajstić information content (AvgIpc) is 2.86.